The van der Waals surface area contributed by atoms with Crippen LogP contribution in [0.4, 0.5) is 5.82 Å². The summed E-state index contributed by atoms with van der Waals surface area (Å²) in [6.45, 7) is 6.16. The minimum Gasteiger partial charge on any atom is -0.399 e. The zero-order valence-electron chi connectivity index (χ0n) is 12.4. The van der Waals surface area contributed by atoms with Crippen molar-refractivity contribution in [2.24, 2.45) is 12.0 Å². The summed E-state index contributed by atoms with van der Waals surface area (Å²) >= 11 is 0. The fourth-order valence-corrected chi connectivity index (χ4v) is 2.36. The van der Waals surface area contributed by atoms with Crippen molar-refractivity contribution in [2.75, 3.05) is 14.1 Å². The lowest BCUT2D eigenvalue weighted by Gasteiger charge is -2.21. The molecule has 0 saturated carbocycles. The Kier molecular flexibility index (Phi) is 4.86. The molecule has 0 bridgehead atoms. The van der Waals surface area contributed by atoms with Crippen LogP contribution >= 0.6 is 0 Å². The van der Waals surface area contributed by atoms with Gasteiger partial charge in [-0.15, -0.1) is 0 Å². The van der Waals surface area contributed by atoms with Crippen molar-refractivity contribution in [1.82, 2.24) is 14.7 Å². The molecule has 0 saturated heterocycles. The van der Waals surface area contributed by atoms with Gasteiger partial charge in [-0.3, -0.25) is 4.68 Å². The summed E-state index contributed by atoms with van der Waals surface area (Å²) in [6, 6.07) is 2.19. The van der Waals surface area contributed by atoms with Crippen LogP contribution < -0.4 is 0 Å². The van der Waals surface area contributed by atoms with Gasteiger partial charge in [0.05, 0.1) is 24.2 Å². The predicted octanol–water partition coefficient (Wildman–Crippen LogP) is 2.06. The third-order valence-corrected chi connectivity index (χ3v) is 3.16. The molecule has 6 nitrogen and oxygen atoms in total. The third-order valence-electron chi connectivity index (χ3n) is 2.22. The van der Waals surface area contributed by atoms with Crippen LogP contribution in [0, 0.1) is 11.3 Å². The first-order valence-electron chi connectivity index (χ1n) is 6.04. The van der Waals surface area contributed by atoms with Gasteiger partial charge in [-0.05, 0) is 19.6 Å². The van der Waals surface area contributed by atoms with Crippen LogP contribution in [0.15, 0.2) is 11.2 Å². The molecular formula is C12H21N5OSi. The Bertz CT molecular complexity index is 495. The average molecular weight is 279 g/mol. The number of aliphatic imine (C=N–C) groups is 1. The maximum atomic E-state index is 9.30. The van der Waals surface area contributed by atoms with Gasteiger partial charge in [0, 0.05) is 21.1 Å². The quantitative estimate of drug-likeness (QED) is 0.470. The maximum absolute atomic E-state index is 9.30. The molecule has 1 rings (SSSR count). The second kappa shape index (κ2) is 5.99. The second-order valence-corrected chi connectivity index (χ2v) is 9.96. The maximum Gasteiger partial charge on any atom is 0.186 e. The van der Waals surface area contributed by atoms with E-state index in [0.717, 1.165) is 0 Å². The molecule has 0 spiro atoms. The zero-order valence-corrected chi connectivity index (χ0v) is 13.4. The van der Waals surface area contributed by atoms with E-state index in [4.69, 9.17) is 4.43 Å². The van der Waals surface area contributed by atoms with Crippen molar-refractivity contribution in [2.45, 2.75) is 25.7 Å². The van der Waals surface area contributed by atoms with E-state index in [9.17, 15) is 5.26 Å². The first-order valence-corrected chi connectivity index (χ1v) is 9.45. The lowest BCUT2D eigenvalue weighted by atomic mass is 10.2. The minimum absolute atomic E-state index is 0.616. The molecule has 1 aromatic rings. The van der Waals surface area contributed by atoms with E-state index in [2.05, 4.69) is 35.8 Å². The zero-order chi connectivity index (χ0) is 14.6. The Balaban J connectivity index is 3.09. The molecule has 7 heteroatoms. The average Bonchev–Trinajstić information content (AvgIpc) is 2.63. The van der Waals surface area contributed by atoms with Gasteiger partial charge >= 0.3 is 0 Å². The molecule has 0 N–H and O–H groups in total. The number of nitriles is 1. The van der Waals surface area contributed by atoms with Crippen LogP contribution in [0.3, 0.4) is 0 Å². The van der Waals surface area contributed by atoms with E-state index in [1.165, 1.54) is 0 Å². The molecule has 0 aliphatic carbocycles. The molecule has 0 aromatic carbocycles. The molecule has 1 heterocycles. The van der Waals surface area contributed by atoms with Gasteiger partial charge < -0.3 is 9.33 Å². The molecule has 1 unspecified atom stereocenters. The highest BCUT2D eigenvalue weighted by atomic mass is 28.4. The topological polar surface area (TPSA) is 66.4 Å². The fraction of sp³-hybridized carbons (Fsp3) is 0.583. The molecule has 1 aromatic heterocycles. The number of hydrogen-bond donors (Lipinski definition) is 0. The predicted molar refractivity (Wildman–Crippen MR) is 77.8 cm³/mol. The van der Waals surface area contributed by atoms with Gasteiger partial charge in [-0.2, -0.15) is 10.4 Å². The molecule has 0 amide bonds. The van der Waals surface area contributed by atoms with Crippen molar-refractivity contribution in [3.8, 4) is 6.07 Å². The molecule has 1 atom stereocenters. The number of hydrogen-bond acceptors (Lipinski definition) is 4. The lowest BCUT2D eigenvalue weighted by Crippen LogP contribution is -2.27. The second-order valence-electron chi connectivity index (χ2n) is 5.49. The molecule has 104 valence electrons. The highest BCUT2D eigenvalue weighted by Gasteiger charge is 2.25. The van der Waals surface area contributed by atoms with Gasteiger partial charge in [0.2, 0.25) is 0 Å². The monoisotopic (exact) mass is 279 g/mol. The minimum atomic E-state index is -1.80. The van der Waals surface area contributed by atoms with Gasteiger partial charge in [-0.25, -0.2) is 4.99 Å². The standard InChI is InChI=1S/C12H21N5OSi/c1-16(2)9-14-12-10(8-15-17(12)3)11(7-13)18-19(4,5)6/h8-9,11H,1-6H3. The first-order chi connectivity index (χ1) is 8.74. The SMILES string of the molecule is CN(C)C=Nc1c(C(C#N)O[Si](C)(C)C)cnn1C. The van der Waals surface area contributed by atoms with Crippen LogP contribution in [0.25, 0.3) is 0 Å². The summed E-state index contributed by atoms with van der Waals surface area (Å²) in [6.07, 6.45) is 2.72. The van der Waals surface area contributed by atoms with E-state index in [-0.39, 0.29) is 0 Å². The third kappa shape index (κ3) is 4.50. The van der Waals surface area contributed by atoms with Crippen molar-refractivity contribution >= 4 is 20.5 Å². The van der Waals surface area contributed by atoms with E-state index < -0.39 is 14.4 Å². The van der Waals surface area contributed by atoms with Gasteiger partial charge in [0.25, 0.3) is 0 Å². The Labute approximate surface area is 115 Å². The Morgan fingerprint density at radius 1 is 1.53 bits per heavy atom. The van der Waals surface area contributed by atoms with Crippen molar-refractivity contribution in [3.05, 3.63) is 11.8 Å². The van der Waals surface area contributed by atoms with Gasteiger partial charge in [-0.1, -0.05) is 0 Å². The summed E-state index contributed by atoms with van der Waals surface area (Å²) in [7, 11) is 3.77. The molecule has 0 fully saturated rings. The van der Waals surface area contributed by atoms with E-state index in [0.29, 0.717) is 11.4 Å². The molecular weight excluding hydrogens is 258 g/mol. The highest BCUT2D eigenvalue weighted by molar-refractivity contribution is 6.69. The Morgan fingerprint density at radius 2 is 2.16 bits per heavy atom. The first kappa shape index (κ1) is 15.4. The largest absolute Gasteiger partial charge is 0.399 e. The molecule has 0 radical (unpaired) electrons. The van der Waals surface area contributed by atoms with Crippen LogP contribution in [-0.4, -0.2) is 43.4 Å². The summed E-state index contributed by atoms with van der Waals surface area (Å²) in [5.74, 6) is 0.651. The van der Waals surface area contributed by atoms with Crippen molar-refractivity contribution < 1.29 is 4.43 Å². The number of aromatic nitrogens is 2. The number of rotatable bonds is 5. The molecule has 0 aliphatic rings. The summed E-state index contributed by atoms with van der Waals surface area (Å²) < 4.78 is 7.52. The number of aryl methyl sites for hydroxylation is 1. The van der Waals surface area contributed by atoms with Crippen molar-refractivity contribution in [3.63, 3.8) is 0 Å². The van der Waals surface area contributed by atoms with Gasteiger partial charge in [0.15, 0.2) is 20.2 Å². The lowest BCUT2D eigenvalue weighted by molar-refractivity contribution is 0.255. The van der Waals surface area contributed by atoms with Crippen LogP contribution in [0.1, 0.15) is 11.7 Å². The van der Waals surface area contributed by atoms with E-state index >= 15 is 0 Å². The summed E-state index contributed by atoms with van der Waals surface area (Å²) in [5, 5.41) is 13.5. The molecule has 0 aliphatic heterocycles. The number of nitrogens with zero attached hydrogens (tertiary/aromatic N) is 5. The summed E-state index contributed by atoms with van der Waals surface area (Å²) in [5.41, 5.74) is 0.713. The van der Waals surface area contributed by atoms with Gasteiger partial charge in [0.1, 0.15) is 0 Å². The molecule has 19 heavy (non-hydrogen) atoms. The summed E-state index contributed by atoms with van der Waals surface area (Å²) in [4.78, 5) is 6.18. The van der Waals surface area contributed by atoms with E-state index in [1.807, 2.05) is 19.0 Å². The Morgan fingerprint density at radius 3 is 2.63 bits per heavy atom. The smallest absolute Gasteiger partial charge is 0.186 e. The van der Waals surface area contributed by atoms with Crippen LogP contribution in [0.2, 0.25) is 19.6 Å². The fourth-order valence-electron chi connectivity index (χ4n) is 1.47. The van der Waals surface area contributed by atoms with Crippen molar-refractivity contribution in [1.29, 1.82) is 5.26 Å². The highest BCUT2D eigenvalue weighted by Crippen LogP contribution is 2.29. The van der Waals surface area contributed by atoms with E-state index in [1.54, 1.807) is 24.3 Å². The van der Waals surface area contributed by atoms with Crippen LogP contribution in [-0.2, 0) is 11.5 Å². The van der Waals surface area contributed by atoms with Crippen LogP contribution in [0.5, 0.6) is 0 Å². The Hall–Kier alpha value is -1.65. The normalized spacial score (nSPS) is 13.5.